The Kier molecular flexibility index (Phi) is 4.18. The highest BCUT2D eigenvalue weighted by Gasteiger charge is 2.20. The molecule has 0 radical (unpaired) electrons. The molecule has 1 aliphatic rings. The number of carbonyl (C=O) groups is 1. The van der Waals surface area contributed by atoms with Crippen LogP contribution in [-0.4, -0.2) is 11.7 Å². The highest BCUT2D eigenvalue weighted by atomic mass is 35.5. The first-order chi connectivity index (χ1) is 5.84. The summed E-state index contributed by atoms with van der Waals surface area (Å²) in [6.45, 7) is 0. The molecule has 0 aromatic carbocycles. The van der Waals surface area contributed by atoms with Crippen LogP contribution in [0.15, 0.2) is 0 Å². The zero-order chi connectivity index (χ0) is 8.81. The predicted octanol–water partition coefficient (Wildman–Crippen LogP) is 2.38. The topological polar surface area (TPSA) is 17.1 Å². The second-order valence-corrected chi connectivity index (χ2v) is 3.37. The molecular formula is C10H13ClO. The molecular weight excluding hydrogens is 172 g/mol. The van der Waals surface area contributed by atoms with Gasteiger partial charge >= 0.3 is 0 Å². The summed E-state index contributed by atoms with van der Waals surface area (Å²) >= 11 is 5.40. The summed E-state index contributed by atoms with van der Waals surface area (Å²) in [7, 11) is 0. The van der Waals surface area contributed by atoms with E-state index in [1.54, 1.807) is 0 Å². The van der Waals surface area contributed by atoms with Crippen LogP contribution >= 0.6 is 11.6 Å². The van der Waals surface area contributed by atoms with Crippen molar-refractivity contribution >= 4 is 17.4 Å². The van der Waals surface area contributed by atoms with Crippen molar-refractivity contribution in [3.05, 3.63) is 0 Å². The quantitative estimate of drug-likeness (QED) is 0.452. The van der Waals surface area contributed by atoms with Crippen molar-refractivity contribution < 1.29 is 4.79 Å². The van der Waals surface area contributed by atoms with Gasteiger partial charge in [0.1, 0.15) is 5.78 Å². The van der Waals surface area contributed by atoms with Gasteiger partial charge < -0.3 is 0 Å². The number of hydrogen-bond acceptors (Lipinski definition) is 1. The maximum Gasteiger partial charge on any atom is 0.136 e. The number of hydrogen-bond donors (Lipinski definition) is 0. The molecule has 12 heavy (non-hydrogen) atoms. The number of carbonyl (C=O) groups excluding carboxylic acids is 1. The molecule has 0 heterocycles. The van der Waals surface area contributed by atoms with Crippen LogP contribution in [0.4, 0.5) is 0 Å². The summed E-state index contributed by atoms with van der Waals surface area (Å²) in [6, 6.07) is 0. The molecule has 1 atom stereocenters. The molecule has 66 valence electrons. The zero-order valence-corrected chi connectivity index (χ0v) is 7.86. The van der Waals surface area contributed by atoms with Gasteiger partial charge in [0.2, 0.25) is 0 Å². The fourth-order valence-corrected chi connectivity index (χ4v) is 1.61. The van der Waals surface area contributed by atoms with E-state index in [0.29, 0.717) is 18.1 Å². The third-order valence-electron chi connectivity index (χ3n) is 2.22. The lowest BCUT2D eigenvalue weighted by molar-refractivity contribution is -0.124. The molecule has 0 spiro atoms. The largest absolute Gasteiger partial charge is 0.299 e. The molecule has 2 heteroatoms. The molecule has 1 saturated carbocycles. The molecule has 0 N–H and O–H groups in total. The second-order valence-electron chi connectivity index (χ2n) is 3.10. The molecule has 1 nitrogen and oxygen atoms in total. The van der Waals surface area contributed by atoms with E-state index in [2.05, 4.69) is 11.8 Å². The zero-order valence-electron chi connectivity index (χ0n) is 7.11. The van der Waals surface area contributed by atoms with Crippen molar-refractivity contribution in [2.45, 2.75) is 32.1 Å². The van der Waals surface area contributed by atoms with Crippen LogP contribution in [0, 0.1) is 17.8 Å². The van der Waals surface area contributed by atoms with Gasteiger partial charge in [-0.1, -0.05) is 12.3 Å². The Morgan fingerprint density at radius 3 is 2.92 bits per heavy atom. The van der Waals surface area contributed by atoms with Crippen LogP contribution in [0.5, 0.6) is 0 Å². The Bertz CT molecular complexity index is 212. The first-order valence-corrected chi connectivity index (χ1v) is 4.92. The summed E-state index contributed by atoms with van der Waals surface area (Å²) < 4.78 is 0. The van der Waals surface area contributed by atoms with Gasteiger partial charge in [-0.05, 0) is 12.8 Å². The number of Topliss-reactive ketones (excluding diaryl/α,β-unsaturated/α-hetero) is 1. The molecule has 1 fully saturated rings. The van der Waals surface area contributed by atoms with Gasteiger partial charge in [-0.15, -0.1) is 17.5 Å². The summed E-state index contributed by atoms with van der Waals surface area (Å²) in [5.41, 5.74) is 0. The minimum atomic E-state index is 0.203. The van der Waals surface area contributed by atoms with Crippen LogP contribution in [-0.2, 0) is 4.79 Å². The van der Waals surface area contributed by atoms with Gasteiger partial charge in [0.25, 0.3) is 0 Å². The van der Waals surface area contributed by atoms with Crippen LogP contribution in [0.25, 0.3) is 0 Å². The van der Waals surface area contributed by atoms with E-state index in [-0.39, 0.29) is 5.92 Å². The smallest absolute Gasteiger partial charge is 0.136 e. The lowest BCUT2D eigenvalue weighted by atomic mass is 9.86. The van der Waals surface area contributed by atoms with Crippen LogP contribution < -0.4 is 0 Å². The van der Waals surface area contributed by atoms with E-state index in [1.165, 1.54) is 6.42 Å². The molecule has 0 bridgehead atoms. The molecule has 1 rings (SSSR count). The summed E-state index contributed by atoms with van der Waals surface area (Å²) in [4.78, 5) is 11.3. The van der Waals surface area contributed by atoms with Crippen molar-refractivity contribution in [1.82, 2.24) is 0 Å². The minimum Gasteiger partial charge on any atom is -0.299 e. The van der Waals surface area contributed by atoms with Crippen molar-refractivity contribution in [3.63, 3.8) is 0 Å². The monoisotopic (exact) mass is 184 g/mol. The maximum absolute atomic E-state index is 11.3. The molecule has 0 aliphatic heterocycles. The first-order valence-electron chi connectivity index (χ1n) is 4.39. The van der Waals surface area contributed by atoms with E-state index >= 15 is 0 Å². The van der Waals surface area contributed by atoms with Gasteiger partial charge in [0.05, 0.1) is 5.88 Å². The van der Waals surface area contributed by atoms with Crippen LogP contribution in [0.3, 0.4) is 0 Å². The number of rotatable bonds is 1. The third-order valence-corrected chi connectivity index (χ3v) is 2.36. The molecule has 0 saturated heterocycles. The Balaban J connectivity index is 2.34. The summed E-state index contributed by atoms with van der Waals surface area (Å²) in [5, 5.41) is 0. The average molecular weight is 185 g/mol. The van der Waals surface area contributed by atoms with Crippen molar-refractivity contribution in [2.24, 2.45) is 5.92 Å². The van der Waals surface area contributed by atoms with Crippen molar-refractivity contribution in [1.29, 1.82) is 0 Å². The highest BCUT2D eigenvalue weighted by molar-refractivity contribution is 6.19. The van der Waals surface area contributed by atoms with Gasteiger partial charge in [0, 0.05) is 18.8 Å². The second kappa shape index (κ2) is 5.22. The Morgan fingerprint density at radius 1 is 1.42 bits per heavy atom. The fraction of sp³-hybridized carbons (Fsp3) is 0.700. The number of halogens is 1. The molecule has 0 aromatic heterocycles. The van der Waals surface area contributed by atoms with E-state index in [0.717, 1.165) is 19.3 Å². The van der Waals surface area contributed by atoms with Gasteiger partial charge in [0.15, 0.2) is 0 Å². The van der Waals surface area contributed by atoms with Gasteiger partial charge in [-0.25, -0.2) is 0 Å². The van der Waals surface area contributed by atoms with E-state index in [9.17, 15) is 4.79 Å². The average Bonchev–Trinajstić information content (AvgIpc) is 2.09. The normalized spacial score (nSPS) is 23.1. The van der Waals surface area contributed by atoms with E-state index in [4.69, 9.17) is 11.6 Å². The van der Waals surface area contributed by atoms with Crippen LogP contribution in [0.2, 0.25) is 0 Å². The van der Waals surface area contributed by atoms with Gasteiger partial charge in [-0.3, -0.25) is 4.79 Å². The van der Waals surface area contributed by atoms with E-state index < -0.39 is 0 Å². The Morgan fingerprint density at radius 2 is 2.25 bits per heavy atom. The maximum atomic E-state index is 11.3. The molecule has 0 aromatic rings. The third kappa shape index (κ3) is 2.87. The van der Waals surface area contributed by atoms with Crippen LogP contribution in [0.1, 0.15) is 32.1 Å². The SMILES string of the molecule is O=C1CCCCC1CC#CCCl. The standard InChI is InChI=1S/C10H13ClO/c11-8-4-3-6-9-5-1-2-7-10(9)12/h9H,1-2,5-8H2. The van der Waals surface area contributed by atoms with E-state index in [1.807, 2.05) is 0 Å². The summed E-state index contributed by atoms with van der Waals surface area (Å²) in [5.74, 6) is 6.68. The number of alkyl halides is 1. The predicted molar refractivity (Wildman–Crippen MR) is 50.1 cm³/mol. The van der Waals surface area contributed by atoms with Crippen molar-refractivity contribution in [2.75, 3.05) is 5.88 Å². The first kappa shape index (κ1) is 9.61. The lowest BCUT2D eigenvalue weighted by Crippen LogP contribution is -2.18. The number of ketones is 1. The minimum absolute atomic E-state index is 0.203. The highest BCUT2D eigenvalue weighted by Crippen LogP contribution is 2.22. The Hall–Kier alpha value is -0.480. The Labute approximate surface area is 78.5 Å². The van der Waals surface area contributed by atoms with Crippen molar-refractivity contribution in [3.8, 4) is 11.8 Å². The molecule has 1 aliphatic carbocycles. The fourth-order valence-electron chi connectivity index (χ4n) is 1.51. The summed E-state index contributed by atoms with van der Waals surface area (Å²) in [6.07, 6.45) is 4.74. The lowest BCUT2D eigenvalue weighted by Gasteiger charge is -2.17. The molecule has 1 unspecified atom stereocenters. The molecule has 0 amide bonds. The van der Waals surface area contributed by atoms with Gasteiger partial charge in [-0.2, -0.15) is 0 Å².